The average Bonchev–Trinajstić information content (AvgIpc) is 2.93. The number of halogens is 1. The van der Waals surface area contributed by atoms with Crippen molar-refractivity contribution in [1.29, 1.82) is 5.41 Å². The van der Waals surface area contributed by atoms with Crippen LogP contribution in [0.1, 0.15) is 58.2 Å². The van der Waals surface area contributed by atoms with Crippen LogP contribution in [0.25, 0.3) is 0 Å². The first-order chi connectivity index (χ1) is 17.3. The fourth-order valence-electron chi connectivity index (χ4n) is 2.43. The molecule has 0 spiro atoms. The van der Waals surface area contributed by atoms with E-state index in [9.17, 15) is 4.39 Å². The van der Waals surface area contributed by atoms with E-state index in [2.05, 4.69) is 24.5 Å². The summed E-state index contributed by atoms with van der Waals surface area (Å²) in [4.78, 5) is 8.00. The zero-order chi connectivity index (χ0) is 29.1. The van der Waals surface area contributed by atoms with Crippen molar-refractivity contribution in [3.05, 3.63) is 95.9 Å². The number of allylic oxidation sites excluding steroid dienone is 4. The van der Waals surface area contributed by atoms with Gasteiger partial charge in [0.25, 0.3) is 0 Å². The second kappa shape index (κ2) is 27.7. The lowest BCUT2D eigenvalue weighted by Crippen LogP contribution is -2.06. The number of hydrogen-bond acceptors (Lipinski definition) is 5. The summed E-state index contributed by atoms with van der Waals surface area (Å²) < 4.78 is 17.8. The van der Waals surface area contributed by atoms with Crippen molar-refractivity contribution in [3.8, 4) is 5.75 Å². The Labute approximate surface area is 219 Å². The van der Waals surface area contributed by atoms with Crippen LogP contribution in [-0.4, -0.2) is 26.7 Å². The van der Waals surface area contributed by atoms with Crippen molar-refractivity contribution in [2.24, 2.45) is 0 Å². The Bertz CT molecular complexity index is 894. The van der Waals surface area contributed by atoms with E-state index in [4.69, 9.17) is 20.7 Å². The van der Waals surface area contributed by atoms with Crippen LogP contribution in [0.4, 0.5) is 10.1 Å². The molecule has 0 saturated carbocycles. The molecule has 0 unspecified atom stereocenters. The molecule has 5 nitrogen and oxygen atoms in total. The third-order valence-electron chi connectivity index (χ3n) is 3.81. The van der Waals surface area contributed by atoms with Crippen LogP contribution in [0.5, 0.6) is 5.75 Å². The maximum atomic E-state index is 12.7. The fourth-order valence-corrected chi connectivity index (χ4v) is 2.43. The first-order valence-electron chi connectivity index (χ1n) is 12.0. The van der Waals surface area contributed by atoms with Gasteiger partial charge in [0, 0.05) is 23.4 Å². The van der Waals surface area contributed by atoms with Crippen LogP contribution >= 0.6 is 0 Å². The van der Waals surface area contributed by atoms with Gasteiger partial charge in [0.2, 0.25) is 0 Å². The number of methoxy groups -OCH3 is 1. The predicted octanol–water partition coefficient (Wildman–Crippen LogP) is 7.85. The van der Waals surface area contributed by atoms with Gasteiger partial charge in [0.1, 0.15) is 18.4 Å². The molecule has 0 fully saturated rings. The number of aryl methyl sites for hydroxylation is 1. The first-order valence-corrected chi connectivity index (χ1v) is 12.0. The minimum Gasteiger partial charge on any atom is -0.497 e. The molecule has 0 heterocycles. The van der Waals surface area contributed by atoms with Gasteiger partial charge in [-0.05, 0) is 49.9 Å². The topological polar surface area (TPSA) is 88.2 Å². The van der Waals surface area contributed by atoms with E-state index in [1.807, 2.05) is 86.6 Å². The van der Waals surface area contributed by atoms with Gasteiger partial charge in [0.05, 0.1) is 12.8 Å². The molecule has 0 atom stereocenters. The van der Waals surface area contributed by atoms with Gasteiger partial charge in [0.15, 0.2) is 0 Å². The van der Waals surface area contributed by atoms with Crippen LogP contribution in [0.15, 0.2) is 79.2 Å². The molecule has 4 N–H and O–H groups in total. The lowest BCUT2D eigenvalue weighted by atomic mass is 9.99. The standard InChI is InChI=1S/C14H15FN2.C9H13NO.3C2H6.CH2O/c1-4-11(8-10(3)15)14(17)12-7-9(2)5-6-13(12)16;1-10-7-8-4-3-5-9(6-8)11-2;4*1-2/h4-8,17H,1,3,16H2,2H3;3-6,10H,7H2,1-2H3;3*1-2H3;1H2/b11-8+,17-14?;;;;;. The highest BCUT2D eigenvalue weighted by Gasteiger charge is 2.09. The molecule has 2 aromatic rings. The van der Waals surface area contributed by atoms with E-state index in [0.717, 1.165) is 23.9 Å². The molecule has 0 radical (unpaired) electrons. The van der Waals surface area contributed by atoms with Gasteiger partial charge >= 0.3 is 0 Å². The van der Waals surface area contributed by atoms with Gasteiger partial charge in [-0.25, -0.2) is 4.39 Å². The number of anilines is 1. The fraction of sp³-hybridized carbons (Fsp3) is 0.333. The third-order valence-corrected chi connectivity index (χ3v) is 3.81. The minimum atomic E-state index is -0.615. The number of carbonyl (C=O) groups is 1. The van der Waals surface area contributed by atoms with E-state index in [1.165, 1.54) is 11.6 Å². The van der Waals surface area contributed by atoms with Crippen LogP contribution in [-0.2, 0) is 11.3 Å². The Kier molecular flexibility index (Phi) is 30.6. The molecule has 0 aliphatic rings. The van der Waals surface area contributed by atoms with E-state index >= 15 is 0 Å². The molecule has 0 aliphatic carbocycles. The molecule has 6 heteroatoms. The van der Waals surface area contributed by atoms with Crippen molar-refractivity contribution >= 4 is 18.2 Å². The summed E-state index contributed by atoms with van der Waals surface area (Å²) in [5, 5.41) is 11.1. The summed E-state index contributed by atoms with van der Waals surface area (Å²) in [7, 11) is 3.61. The number of hydrogen-bond donors (Lipinski definition) is 3. The minimum absolute atomic E-state index is 0.139. The zero-order valence-corrected chi connectivity index (χ0v) is 23.8. The number of rotatable bonds is 7. The largest absolute Gasteiger partial charge is 0.497 e. The molecular formula is C30H48FN3O2. The van der Waals surface area contributed by atoms with Crippen LogP contribution in [0.2, 0.25) is 0 Å². The van der Waals surface area contributed by atoms with Crippen molar-refractivity contribution in [1.82, 2.24) is 5.32 Å². The first kappa shape index (κ1) is 39.7. The predicted molar refractivity (Wildman–Crippen MR) is 158 cm³/mol. The molecular weight excluding hydrogens is 453 g/mol. The number of benzene rings is 2. The second-order valence-electron chi connectivity index (χ2n) is 6.10. The van der Waals surface area contributed by atoms with Crippen molar-refractivity contribution in [3.63, 3.8) is 0 Å². The monoisotopic (exact) mass is 501 g/mol. The Morgan fingerprint density at radius 1 is 1.08 bits per heavy atom. The highest BCUT2D eigenvalue weighted by Crippen LogP contribution is 2.19. The molecule has 202 valence electrons. The van der Waals surface area contributed by atoms with E-state index < -0.39 is 5.83 Å². The smallest absolute Gasteiger partial charge is 0.119 e. The molecule has 0 saturated heterocycles. The Morgan fingerprint density at radius 2 is 1.64 bits per heavy atom. The summed E-state index contributed by atoms with van der Waals surface area (Å²) in [6, 6.07) is 13.4. The highest BCUT2D eigenvalue weighted by atomic mass is 19.1. The van der Waals surface area contributed by atoms with E-state index in [1.54, 1.807) is 19.2 Å². The van der Waals surface area contributed by atoms with Crippen LogP contribution in [0.3, 0.4) is 0 Å². The van der Waals surface area contributed by atoms with Gasteiger partial charge in [-0.15, -0.1) is 0 Å². The van der Waals surface area contributed by atoms with Gasteiger partial charge in [-0.1, -0.05) is 84.5 Å². The summed E-state index contributed by atoms with van der Waals surface area (Å²) in [5.74, 6) is 0.300. The Hall–Kier alpha value is -3.51. The SMILES string of the molecule is C=C/C(=C\C(=C)F)C(=N)c1cc(C)ccc1N.C=O.CC.CC.CC.CNCc1cccc(OC)c1. The normalized spacial score (nSPS) is 8.78. The zero-order valence-electron chi connectivity index (χ0n) is 23.8. The van der Waals surface area contributed by atoms with Crippen molar-refractivity contribution in [2.75, 3.05) is 19.9 Å². The molecule has 2 rings (SSSR count). The lowest BCUT2D eigenvalue weighted by molar-refractivity contribution is -0.0980. The van der Waals surface area contributed by atoms with Gasteiger partial charge in [-0.2, -0.15) is 0 Å². The molecule has 0 aromatic heterocycles. The maximum absolute atomic E-state index is 12.7. The van der Waals surface area contributed by atoms with Crippen LogP contribution < -0.4 is 15.8 Å². The molecule has 36 heavy (non-hydrogen) atoms. The number of ether oxygens (including phenoxy) is 1. The Morgan fingerprint density at radius 3 is 2.08 bits per heavy atom. The summed E-state index contributed by atoms with van der Waals surface area (Å²) >= 11 is 0. The summed E-state index contributed by atoms with van der Waals surface area (Å²) in [5.41, 5.74) is 9.57. The number of nitrogen functional groups attached to an aromatic ring is 1. The highest BCUT2D eigenvalue weighted by molar-refractivity contribution is 6.15. The second-order valence-corrected chi connectivity index (χ2v) is 6.10. The average molecular weight is 502 g/mol. The van der Waals surface area contributed by atoms with Gasteiger partial charge in [-0.3, -0.25) is 5.41 Å². The summed E-state index contributed by atoms with van der Waals surface area (Å²) in [6.45, 7) is 23.5. The van der Waals surface area contributed by atoms with E-state index in [-0.39, 0.29) is 5.71 Å². The van der Waals surface area contributed by atoms with Crippen molar-refractivity contribution < 1.29 is 13.9 Å². The van der Waals surface area contributed by atoms with Crippen molar-refractivity contribution in [2.45, 2.75) is 55.0 Å². The lowest BCUT2D eigenvalue weighted by Gasteiger charge is -2.09. The third kappa shape index (κ3) is 17.9. The quantitative estimate of drug-likeness (QED) is 0.205. The molecule has 2 aromatic carbocycles. The maximum Gasteiger partial charge on any atom is 0.119 e. The van der Waals surface area contributed by atoms with Crippen LogP contribution in [0, 0.1) is 12.3 Å². The molecule has 0 bridgehead atoms. The molecule has 0 aliphatic heterocycles. The summed E-state index contributed by atoms with van der Waals surface area (Å²) in [6.07, 6.45) is 2.58. The number of nitrogens with one attached hydrogen (secondary N) is 2. The Balaban J connectivity index is -0.000000232. The number of nitrogens with two attached hydrogens (primary N) is 1. The van der Waals surface area contributed by atoms with Gasteiger partial charge < -0.3 is 20.6 Å². The molecule has 0 amide bonds. The number of carbonyl (C=O) groups excluding carboxylic acids is 1. The van der Waals surface area contributed by atoms with E-state index in [0.29, 0.717) is 16.8 Å².